The molecule has 144 valence electrons. The summed E-state index contributed by atoms with van der Waals surface area (Å²) in [6, 6.07) is 6.01. The number of anilines is 1. The van der Waals surface area contributed by atoms with Crippen LogP contribution in [-0.4, -0.2) is 49.1 Å². The van der Waals surface area contributed by atoms with Gasteiger partial charge in [-0.05, 0) is 62.8 Å². The van der Waals surface area contributed by atoms with E-state index in [-0.39, 0.29) is 0 Å². The first-order chi connectivity index (χ1) is 12.9. The van der Waals surface area contributed by atoms with Gasteiger partial charge in [-0.1, -0.05) is 17.7 Å². The summed E-state index contributed by atoms with van der Waals surface area (Å²) in [5.41, 5.74) is 5.13. The molecule has 0 spiro atoms. The second-order valence-electron chi connectivity index (χ2n) is 7.65. The SMILES string of the molecule is Cc1cc(C)c(S(=O)(=O)N2CCN(c3cc4c(nn3)CCC4)CC2)c(C)c1. The molecule has 0 saturated carbocycles. The zero-order valence-electron chi connectivity index (χ0n) is 16.2. The average molecular weight is 387 g/mol. The summed E-state index contributed by atoms with van der Waals surface area (Å²) in [5.74, 6) is 0.871. The summed E-state index contributed by atoms with van der Waals surface area (Å²) < 4.78 is 28.0. The van der Waals surface area contributed by atoms with E-state index in [2.05, 4.69) is 21.2 Å². The number of rotatable bonds is 3. The number of benzene rings is 1. The Labute approximate surface area is 161 Å². The average Bonchev–Trinajstić information content (AvgIpc) is 3.08. The van der Waals surface area contributed by atoms with Gasteiger partial charge in [0.2, 0.25) is 10.0 Å². The van der Waals surface area contributed by atoms with E-state index in [4.69, 9.17) is 0 Å². The maximum atomic E-state index is 13.2. The zero-order valence-corrected chi connectivity index (χ0v) is 17.0. The lowest BCUT2D eigenvalue weighted by atomic mass is 10.1. The smallest absolute Gasteiger partial charge is 0.243 e. The third kappa shape index (κ3) is 3.34. The van der Waals surface area contributed by atoms with E-state index < -0.39 is 10.0 Å². The first-order valence-corrected chi connectivity index (χ1v) is 11.0. The molecule has 2 aromatic rings. The highest BCUT2D eigenvalue weighted by Crippen LogP contribution is 2.27. The lowest BCUT2D eigenvalue weighted by Crippen LogP contribution is -2.49. The minimum atomic E-state index is -3.48. The molecule has 0 amide bonds. The van der Waals surface area contributed by atoms with Crippen LogP contribution in [0.5, 0.6) is 0 Å². The Morgan fingerprint density at radius 3 is 2.22 bits per heavy atom. The van der Waals surface area contributed by atoms with Crippen LogP contribution >= 0.6 is 0 Å². The van der Waals surface area contributed by atoms with Gasteiger partial charge in [0.15, 0.2) is 5.82 Å². The number of piperazine rings is 1. The van der Waals surface area contributed by atoms with Gasteiger partial charge in [-0.15, -0.1) is 5.10 Å². The van der Waals surface area contributed by atoms with Crippen molar-refractivity contribution >= 4 is 15.8 Å². The fraction of sp³-hybridized carbons (Fsp3) is 0.500. The predicted octanol–water partition coefficient (Wildman–Crippen LogP) is 2.40. The quantitative estimate of drug-likeness (QED) is 0.810. The third-order valence-electron chi connectivity index (χ3n) is 5.57. The molecule has 6 nitrogen and oxygen atoms in total. The van der Waals surface area contributed by atoms with Crippen molar-refractivity contribution in [3.05, 3.63) is 46.1 Å². The van der Waals surface area contributed by atoms with E-state index in [9.17, 15) is 8.42 Å². The molecule has 1 aromatic heterocycles. The maximum absolute atomic E-state index is 13.2. The highest BCUT2D eigenvalue weighted by molar-refractivity contribution is 7.89. The van der Waals surface area contributed by atoms with Gasteiger partial charge in [0.1, 0.15) is 0 Å². The molecule has 1 aliphatic heterocycles. The van der Waals surface area contributed by atoms with E-state index >= 15 is 0 Å². The molecule has 4 rings (SSSR count). The highest BCUT2D eigenvalue weighted by Gasteiger charge is 2.31. The minimum Gasteiger partial charge on any atom is -0.352 e. The Morgan fingerprint density at radius 1 is 0.889 bits per heavy atom. The van der Waals surface area contributed by atoms with Crippen molar-refractivity contribution < 1.29 is 8.42 Å². The van der Waals surface area contributed by atoms with Gasteiger partial charge in [0.25, 0.3) is 0 Å². The zero-order chi connectivity index (χ0) is 19.2. The summed E-state index contributed by atoms with van der Waals surface area (Å²) in [6.45, 7) is 7.95. The molecule has 1 saturated heterocycles. The van der Waals surface area contributed by atoms with Gasteiger partial charge in [-0.3, -0.25) is 0 Å². The molecule has 0 unspecified atom stereocenters. The molecule has 1 aliphatic carbocycles. The predicted molar refractivity (Wildman–Crippen MR) is 106 cm³/mol. The van der Waals surface area contributed by atoms with Crippen molar-refractivity contribution in [2.24, 2.45) is 0 Å². The molecule has 1 aromatic carbocycles. The van der Waals surface area contributed by atoms with Crippen LogP contribution in [0.4, 0.5) is 5.82 Å². The molecule has 0 radical (unpaired) electrons. The molecule has 0 atom stereocenters. The van der Waals surface area contributed by atoms with Gasteiger partial charge in [-0.2, -0.15) is 9.40 Å². The molecular formula is C20H26N4O2S. The van der Waals surface area contributed by atoms with Crippen LogP contribution in [-0.2, 0) is 22.9 Å². The Balaban J connectivity index is 1.52. The normalized spacial score (nSPS) is 18.0. The van der Waals surface area contributed by atoms with Crippen molar-refractivity contribution in [1.82, 2.24) is 14.5 Å². The molecule has 0 N–H and O–H groups in total. The molecule has 2 heterocycles. The lowest BCUT2D eigenvalue weighted by molar-refractivity contribution is 0.383. The van der Waals surface area contributed by atoms with Gasteiger partial charge in [0.05, 0.1) is 10.6 Å². The van der Waals surface area contributed by atoms with Gasteiger partial charge >= 0.3 is 0 Å². The first-order valence-electron chi connectivity index (χ1n) is 9.54. The van der Waals surface area contributed by atoms with E-state index in [0.29, 0.717) is 31.1 Å². The number of sulfonamides is 1. The van der Waals surface area contributed by atoms with Crippen molar-refractivity contribution in [3.8, 4) is 0 Å². The van der Waals surface area contributed by atoms with Crippen LogP contribution in [0.3, 0.4) is 0 Å². The number of aromatic nitrogens is 2. The lowest BCUT2D eigenvalue weighted by Gasteiger charge is -2.35. The van der Waals surface area contributed by atoms with Crippen molar-refractivity contribution in [1.29, 1.82) is 0 Å². The van der Waals surface area contributed by atoms with Crippen LogP contribution in [0, 0.1) is 20.8 Å². The minimum absolute atomic E-state index is 0.457. The topological polar surface area (TPSA) is 66.4 Å². The van der Waals surface area contributed by atoms with Crippen molar-refractivity contribution in [2.75, 3.05) is 31.1 Å². The van der Waals surface area contributed by atoms with E-state index in [0.717, 1.165) is 47.5 Å². The van der Waals surface area contributed by atoms with E-state index in [1.807, 2.05) is 32.9 Å². The highest BCUT2D eigenvalue weighted by atomic mass is 32.2. The second-order valence-corrected chi connectivity index (χ2v) is 9.52. The van der Waals surface area contributed by atoms with Gasteiger partial charge in [-0.25, -0.2) is 8.42 Å². The molecule has 1 fully saturated rings. The molecule has 7 heteroatoms. The molecule has 0 bridgehead atoms. The Hall–Kier alpha value is -1.99. The monoisotopic (exact) mass is 386 g/mol. The molecule has 27 heavy (non-hydrogen) atoms. The van der Waals surface area contributed by atoms with Crippen LogP contribution in [0.2, 0.25) is 0 Å². The van der Waals surface area contributed by atoms with Gasteiger partial charge in [0, 0.05) is 26.2 Å². The number of nitrogens with zero attached hydrogens (tertiary/aromatic N) is 4. The number of fused-ring (bicyclic) bond motifs is 1. The fourth-order valence-corrected chi connectivity index (χ4v) is 6.17. The summed E-state index contributed by atoms with van der Waals surface area (Å²) in [4.78, 5) is 2.60. The Bertz CT molecular complexity index is 956. The second kappa shape index (κ2) is 6.87. The third-order valence-corrected chi connectivity index (χ3v) is 7.78. The Kier molecular flexibility index (Phi) is 4.68. The molecular weight excluding hydrogens is 360 g/mol. The van der Waals surface area contributed by atoms with E-state index in [1.54, 1.807) is 4.31 Å². The van der Waals surface area contributed by atoms with Gasteiger partial charge < -0.3 is 4.90 Å². The largest absolute Gasteiger partial charge is 0.352 e. The first kappa shape index (κ1) is 18.4. The van der Waals surface area contributed by atoms with E-state index in [1.165, 1.54) is 5.56 Å². The van der Waals surface area contributed by atoms with Crippen LogP contribution in [0.1, 0.15) is 34.4 Å². The summed E-state index contributed by atoms with van der Waals surface area (Å²) in [5, 5.41) is 8.72. The summed E-state index contributed by atoms with van der Waals surface area (Å²) >= 11 is 0. The summed E-state index contributed by atoms with van der Waals surface area (Å²) in [6.07, 6.45) is 3.23. The van der Waals surface area contributed by atoms with Crippen LogP contribution in [0.15, 0.2) is 23.1 Å². The number of hydrogen-bond donors (Lipinski definition) is 0. The van der Waals surface area contributed by atoms with Crippen LogP contribution in [0.25, 0.3) is 0 Å². The fourth-order valence-electron chi connectivity index (χ4n) is 4.33. The Morgan fingerprint density at radius 2 is 1.56 bits per heavy atom. The van der Waals surface area contributed by atoms with Crippen LogP contribution < -0.4 is 4.90 Å². The summed E-state index contributed by atoms with van der Waals surface area (Å²) in [7, 11) is -3.48. The standard InChI is InChI=1S/C20H26N4O2S/c1-14-11-15(2)20(16(3)12-14)27(25,26)24-9-7-23(8-10-24)19-13-17-5-4-6-18(17)21-22-19/h11-13H,4-10H2,1-3H3. The van der Waals surface area contributed by atoms with Crippen molar-refractivity contribution in [3.63, 3.8) is 0 Å². The van der Waals surface area contributed by atoms with Crippen molar-refractivity contribution in [2.45, 2.75) is 44.9 Å². The maximum Gasteiger partial charge on any atom is 0.243 e. The number of aryl methyl sites for hydroxylation is 5. The molecule has 2 aliphatic rings. The number of hydrogen-bond acceptors (Lipinski definition) is 5.